The van der Waals surface area contributed by atoms with Crippen molar-refractivity contribution in [2.45, 2.75) is 19.4 Å². The first-order chi connectivity index (χ1) is 11.9. The molecular formula is C18H24N6. The maximum atomic E-state index is 4.80. The summed E-state index contributed by atoms with van der Waals surface area (Å²) in [4.78, 5) is 20.5. The van der Waals surface area contributed by atoms with E-state index in [0.29, 0.717) is 0 Å². The van der Waals surface area contributed by atoms with Gasteiger partial charge in [-0.15, -0.1) is 0 Å². The SMILES string of the molecule is c1cc(CN2CCN(c3nccc(N4CCCC4)n3)CC2)ccn1. The average molecular weight is 324 g/mol. The lowest BCUT2D eigenvalue weighted by atomic mass is 10.2. The van der Waals surface area contributed by atoms with Crippen LogP contribution in [0.1, 0.15) is 18.4 Å². The Hall–Kier alpha value is -2.21. The number of hydrogen-bond donors (Lipinski definition) is 0. The maximum Gasteiger partial charge on any atom is 0.227 e. The summed E-state index contributed by atoms with van der Waals surface area (Å²) in [7, 11) is 0. The van der Waals surface area contributed by atoms with Crippen molar-refractivity contribution in [2.75, 3.05) is 49.1 Å². The van der Waals surface area contributed by atoms with Gasteiger partial charge in [-0.05, 0) is 36.6 Å². The van der Waals surface area contributed by atoms with Gasteiger partial charge in [0, 0.05) is 64.4 Å². The lowest BCUT2D eigenvalue weighted by molar-refractivity contribution is 0.248. The minimum Gasteiger partial charge on any atom is -0.356 e. The van der Waals surface area contributed by atoms with Crippen molar-refractivity contribution in [3.05, 3.63) is 42.4 Å². The van der Waals surface area contributed by atoms with E-state index in [4.69, 9.17) is 4.98 Å². The number of anilines is 2. The summed E-state index contributed by atoms with van der Waals surface area (Å²) in [6.45, 7) is 7.28. The van der Waals surface area contributed by atoms with Crippen LogP contribution in [0.2, 0.25) is 0 Å². The second kappa shape index (κ2) is 7.13. The monoisotopic (exact) mass is 324 g/mol. The molecule has 0 aliphatic carbocycles. The van der Waals surface area contributed by atoms with Crippen molar-refractivity contribution in [1.29, 1.82) is 0 Å². The van der Waals surface area contributed by atoms with Crippen LogP contribution in [0.5, 0.6) is 0 Å². The summed E-state index contributed by atoms with van der Waals surface area (Å²) in [5.74, 6) is 1.96. The van der Waals surface area contributed by atoms with Crippen molar-refractivity contribution in [1.82, 2.24) is 19.9 Å². The molecule has 6 nitrogen and oxygen atoms in total. The second-order valence-corrected chi connectivity index (χ2v) is 6.53. The van der Waals surface area contributed by atoms with E-state index < -0.39 is 0 Å². The molecule has 2 aromatic rings. The molecule has 24 heavy (non-hydrogen) atoms. The number of aromatic nitrogens is 3. The van der Waals surface area contributed by atoms with Crippen molar-refractivity contribution in [2.24, 2.45) is 0 Å². The fraction of sp³-hybridized carbons (Fsp3) is 0.500. The molecule has 0 radical (unpaired) electrons. The van der Waals surface area contributed by atoms with Gasteiger partial charge >= 0.3 is 0 Å². The van der Waals surface area contributed by atoms with Crippen LogP contribution in [0.3, 0.4) is 0 Å². The van der Waals surface area contributed by atoms with Gasteiger partial charge in [0.2, 0.25) is 5.95 Å². The Morgan fingerprint density at radius 2 is 1.54 bits per heavy atom. The highest BCUT2D eigenvalue weighted by atomic mass is 15.3. The van der Waals surface area contributed by atoms with Gasteiger partial charge in [0.15, 0.2) is 0 Å². The van der Waals surface area contributed by atoms with Gasteiger partial charge < -0.3 is 9.80 Å². The van der Waals surface area contributed by atoms with Crippen LogP contribution in [0, 0.1) is 0 Å². The van der Waals surface area contributed by atoms with Crippen LogP contribution in [-0.4, -0.2) is 59.1 Å². The zero-order valence-electron chi connectivity index (χ0n) is 14.0. The highest BCUT2D eigenvalue weighted by Crippen LogP contribution is 2.20. The highest BCUT2D eigenvalue weighted by Gasteiger charge is 2.20. The number of hydrogen-bond acceptors (Lipinski definition) is 6. The largest absolute Gasteiger partial charge is 0.356 e. The summed E-state index contributed by atoms with van der Waals surface area (Å²) in [5.41, 5.74) is 1.32. The van der Waals surface area contributed by atoms with E-state index in [-0.39, 0.29) is 0 Å². The van der Waals surface area contributed by atoms with Crippen LogP contribution in [0.15, 0.2) is 36.8 Å². The molecule has 0 spiro atoms. The van der Waals surface area contributed by atoms with E-state index in [1.807, 2.05) is 24.7 Å². The fourth-order valence-corrected chi connectivity index (χ4v) is 3.47. The quantitative estimate of drug-likeness (QED) is 0.855. The Balaban J connectivity index is 1.36. The molecule has 0 bridgehead atoms. The van der Waals surface area contributed by atoms with Gasteiger partial charge in [-0.1, -0.05) is 0 Å². The highest BCUT2D eigenvalue weighted by molar-refractivity contribution is 5.44. The summed E-state index contributed by atoms with van der Waals surface area (Å²) in [6, 6.07) is 6.22. The second-order valence-electron chi connectivity index (χ2n) is 6.53. The van der Waals surface area contributed by atoms with Gasteiger partial charge in [0.1, 0.15) is 5.82 Å². The molecule has 0 amide bonds. The minimum atomic E-state index is 0.878. The molecule has 0 saturated carbocycles. The van der Waals surface area contributed by atoms with Crippen LogP contribution in [0.4, 0.5) is 11.8 Å². The van der Waals surface area contributed by atoms with Gasteiger partial charge in [0.25, 0.3) is 0 Å². The molecule has 4 rings (SSSR count). The molecular weight excluding hydrogens is 300 g/mol. The van der Waals surface area contributed by atoms with E-state index in [2.05, 4.69) is 36.8 Å². The molecule has 2 aliphatic heterocycles. The van der Waals surface area contributed by atoms with E-state index >= 15 is 0 Å². The first-order valence-corrected chi connectivity index (χ1v) is 8.83. The smallest absolute Gasteiger partial charge is 0.227 e. The summed E-state index contributed by atoms with van der Waals surface area (Å²) in [5, 5.41) is 0. The third-order valence-corrected chi connectivity index (χ3v) is 4.87. The van der Waals surface area contributed by atoms with E-state index in [0.717, 1.165) is 57.6 Å². The van der Waals surface area contributed by atoms with Gasteiger partial charge in [0.05, 0.1) is 0 Å². The number of pyridine rings is 1. The minimum absolute atomic E-state index is 0.878. The molecule has 0 aromatic carbocycles. The lowest BCUT2D eigenvalue weighted by Gasteiger charge is -2.35. The van der Waals surface area contributed by atoms with Gasteiger partial charge in [-0.2, -0.15) is 4.98 Å². The zero-order valence-corrected chi connectivity index (χ0v) is 14.0. The number of piperazine rings is 1. The van der Waals surface area contributed by atoms with E-state index in [1.54, 1.807) is 0 Å². The lowest BCUT2D eigenvalue weighted by Crippen LogP contribution is -2.46. The molecule has 2 aromatic heterocycles. The number of nitrogens with zero attached hydrogens (tertiary/aromatic N) is 6. The van der Waals surface area contributed by atoms with E-state index in [1.165, 1.54) is 18.4 Å². The normalized spacial score (nSPS) is 19.0. The van der Waals surface area contributed by atoms with Crippen molar-refractivity contribution >= 4 is 11.8 Å². The fourth-order valence-electron chi connectivity index (χ4n) is 3.47. The van der Waals surface area contributed by atoms with Crippen molar-refractivity contribution < 1.29 is 0 Å². The van der Waals surface area contributed by atoms with Crippen LogP contribution in [0.25, 0.3) is 0 Å². The molecule has 0 N–H and O–H groups in total. The van der Waals surface area contributed by atoms with Crippen LogP contribution >= 0.6 is 0 Å². The first kappa shape index (κ1) is 15.3. The zero-order chi connectivity index (χ0) is 16.2. The van der Waals surface area contributed by atoms with Gasteiger partial charge in [-0.3, -0.25) is 9.88 Å². The predicted octanol–water partition coefficient (Wildman–Crippen LogP) is 1.79. The number of rotatable bonds is 4. The van der Waals surface area contributed by atoms with Gasteiger partial charge in [-0.25, -0.2) is 4.98 Å². The maximum absolute atomic E-state index is 4.80. The molecule has 6 heteroatoms. The predicted molar refractivity (Wildman–Crippen MR) is 95.2 cm³/mol. The molecule has 0 atom stereocenters. The molecule has 126 valence electrons. The van der Waals surface area contributed by atoms with Crippen LogP contribution < -0.4 is 9.80 Å². The Labute approximate surface area is 143 Å². The van der Waals surface area contributed by atoms with Crippen molar-refractivity contribution in [3.8, 4) is 0 Å². The topological polar surface area (TPSA) is 48.4 Å². The van der Waals surface area contributed by atoms with Crippen LogP contribution in [-0.2, 0) is 6.54 Å². The molecule has 0 unspecified atom stereocenters. The van der Waals surface area contributed by atoms with Crippen molar-refractivity contribution in [3.63, 3.8) is 0 Å². The summed E-state index contributed by atoms with van der Waals surface area (Å²) < 4.78 is 0. The van der Waals surface area contributed by atoms with E-state index in [9.17, 15) is 0 Å². The molecule has 2 aliphatic rings. The summed E-state index contributed by atoms with van der Waals surface area (Å²) in [6.07, 6.45) is 8.17. The standard InChI is InChI=1S/C18H24N6/c1-2-10-23(9-1)17-5-8-20-18(21-17)24-13-11-22(12-14-24)15-16-3-6-19-7-4-16/h3-8H,1-2,9-15H2. The Morgan fingerprint density at radius 1 is 0.792 bits per heavy atom. The third-order valence-electron chi connectivity index (χ3n) is 4.87. The summed E-state index contributed by atoms with van der Waals surface area (Å²) >= 11 is 0. The average Bonchev–Trinajstić information content (AvgIpc) is 3.18. The Kier molecular flexibility index (Phi) is 4.55. The first-order valence-electron chi connectivity index (χ1n) is 8.83. The molecule has 4 heterocycles. The molecule has 2 saturated heterocycles. The Morgan fingerprint density at radius 3 is 2.29 bits per heavy atom. The third kappa shape index (κ3) is 3.48. The molecule has 2 fully saturated rings. The Bertz CT molecular complexity index is 648.